The Kier molecular flexibility index (Phi) is 4.05. The highest BCUT2D eigenvalue weighted by atomic mass is 28.3. The summed E-state index contributed by atoms with van der Waals surface area (Å²) in [7, 11) is -1.06. The van der Waals surface area contributed by atoms with Crippen LogP contribution in [0, 0.1) is 0 Å². The topological polar surface area (TPSA) is 18.8 Å². The number of hydrogen-bond acceptors (Lipinski definition) is 1. The number of nitrogens with zero attached hydrogens (tertiary/aromatic N) is 3. The third-order valence-electron chi connectivity index (χ3n) is 3.63. The van der Waals surface area contributed by atoms with Crippen LogP contribution in [-0.4, -0.2) is 42.2 Å². The van der Waals surface area contributed by atoms with Crippen LogP contribution in [-0.2, 0) is 0 Å². The highest BCUT2D eigenvalue weighted by Gasteiger charge is 2.40. The molecule has 0 radical (unpaired) electrons. The summed E-state index contributed by atoms with van der Waals surface area (Å²) in [6, 6.07) is 10.4. The molecule has 0 bridgehead atoms. The van der Waals surface area contributed by atoms with Gasteiger partial charge in [-0.15, -0.1) is 0 Å². The fourth-order valence-corrected chi connectivity index (χ4v) is 5.27. The van der Waals surface area contributed by atoms with Crippen LogP contribution in [0.25, 0.3) is 0 Å². The second-order valence-electron chi connectivity index (χ2n) is 7.39. The minimum Gasteiger partial charge on any atom is -0.371 e. The largest absolute Gasteiger partial charge is 0.374 e. The van der Waals surface area contributed by atoms with Crippen LogP contribution < -0.4 is 0 Å². The summed E-state index contributed by atoms with van der Waals surface area (Å²) in [5, 5.41) is 0. The van der Waals surface area contributed by atoms with E-state index in [4.69, 9.17) is 4.63 Å². The third-order valence-corrected chi connectivity index (χ3v) is 6.85. The molecule has 1 heterocycles. The molecule has 1 saturated heterocycles. The first kappa shape index (κ1) is 15.2. The molecule has 0 amide bonds. The zero-order valence-corrected chi connectivity index (χ0v) is 14.6. The van der Waals surface area contributed by atoms with Gasteiger partial charge in [0, 0.05) is 24.2 Å². The molecule has 0 atom stereocenters. The second-order valence-corrected chi connectivity index (χ2v) is 9.30. The van der Waals surface area contributed by atoms with Crippen molar-refractivity contribution in [1.29, 1.82) is 0 Å². The van der Waals surface area contributed by atoms with Gasteiger partial charge >= 0.3 is 8.91 Å². The highest BCUT2D eigenvalue weighted by molar-refractivity contribution is 6.42. The summed E-state index contributed by atoms with van der Waals surface area (Å²) in [6.45, 7) is 16.0. The molecular formula is C16H27N3Si. The molecule has 0 aliphatic carbocycles. The Bertz CT molecular complexity index is 459. The molecule has 0 saturated carbocycles. The molecule has 1 aromatic rings. The van der Waals surface area contributed by atoms with Gasteiger partial charge in [0.05, 0.1) is 5.69 Å². The van der Waals surface area contributed by atoms with E-state index in [1.54, 1.807) is 0 Å². The summed E-state index contributed by atoms with van der Waals surface area (Å²) in [5.41, 5.74) is 1.45. The number of hydrogen-bond donors (Lipinski definition) is 0. The molecule has 1 aliphatic rings. The van der Waals surface area contributed by atoms with Crippen molar-refractivity contribution in [3.63, 3.8) is 0 Å². The molecule has 20 heavy (non-hydrogen) atoms. The van der Waals surface area contributed by atoms with E-state index in [-0.39, 0.29) is 11.1 Å². The Morgan fingerprint density at radius 2 is 1.30 bits per heavy atom. The molecule has 0 N–H and O–H groups in total. The van der Waals surface area contributed by atoms with Crippen molar-refractivity contribution in [3.8, 4) is 0 Å². The Morgan fingerprint density at radius 1 is 0.850 bits per heavy atom. The Morgan fingerprint density at radius 3 is 1.70 bits per heavy atom. The van der Waals surface area contributed by atoms with Gasteiger partial charge in [0.25, 0.3) is 0 Å². The standard InChI is InChI=1S/C16H27N3Si/c1-15(2,3)18-12-13-19(16(4,5)6)20(18)17-14-10-8-7-9-11-14/h7-11H,12-13H2,1-6H3. The first-order valence-corrected chi connectivity index (χ1v) is 8.73. The summed E-state index contributed by atoms with van der Waals surface area (Å²) in [6.07, 6.45) is 0. The van der Waals surface area contributed by atoms with E-state index in [0.717, 1.165) is 18.8 Å². The molecular weight excluding hydrogens is 262 g/mol. The summed E-state index contributed by atoms with van der Waals surface area (Å²) in [5.74, 6) is 0. The van der Waals surface area contributed by atoms with Crippen molar-refractivity contribution in [2.45, 2.75) is 52.6 Å². The van der Waals surface area contributed by atoms with Gasteiger partial charge in [-0.1, -0.05) is 18.2 Å². The molecule has 1 aliphatic heterocycles. The van der Waals surface area contributed by atoms with E-state index in [1.807, 2.05) is 6.07 Å². The smallest absolute Gasteiger partial charge is 0.371 e. The Balaban J connectivity index is 2.42. The van der Waals surface area contributed by atoms with Gasteiger partial charge in [0.1, 0.15) is 0 Å². The minimum atomic E-state index is -1.06. The van der Waals surface area contributed by atoms with E-state index in [9.17, 15) is 0 Å². The summed E-state index contributed by atoms with van der Waals surface area (Å²) < 4.78 is 10.3. The van der Waals surface area contributed by atoms with Crippen molar-refractivity contribution in [3.05, 3.63) is 30.3 Å². The van der Waals surface area contributed by atoms with Crippen molar-refractivity contribution in [2.75, 3.05) is 13.1 Å². The lowest BCUT2D eigenvalue weighted by Crippen LogP contribution is -2.51. The van der Waals surface area contributed by atoms with Gasteiger partial charge in [0.15, 0.2) is 0 Å². The van der Waals surface area contributed by atoms with Crippen LogP contribution in [0.2, 0.25) is 0 Å². The maximum absolute atomic E-state index is 5.11. The highest BCUT2D eigenvalue weighted by Crippen LogP contribution is 2.27. The lowest BCUT2D eigenvalue weighted by Gasteiger charge is -2.38. The number of benzene rings is 1. The van der Waals surface area contributed by atoms with Gasteiger partial charge in [-0.2, -0.15) is 0 Å². The monoisotopic (exact) mass is 289 g/mol. The second kappa shape index (κ2) is 5.32. The molecule has 1 aromatic carbocycles. The maximum atomic E-state index is 5.11. The normalized spacial score (nSPS) is 16.8. The van der Waals surface area contributed by atoms with E-state index in [2.05, 4.69) is 74.9 Å². The van der Waals surface area contributed by atoms with E-state index < -0.39 is 8.91 Å². The average Bonchev–Trinajstić information content (AvgIpc) is 2.73. The van der Waals surface area contributed by atoms with Crippen molar-refractivity contribution in [2.24, 2.45) is 4.63 Å². The van der Waals surface area contributed by atoms with Gasteiger partial charge in [-0.25, -0.2) is 0 Å². The molecule has 0 unspecified atom stereocenters. The average molecular weight is 289 g/mol. The van der Waals surface area contributed by atoms with Crippen LogP contribution in [0.5, 0.6) is 0 Å². The Labute approximate surface area is 125 Å². The van der Waals surface area contributed by atoms with Crippen LogP contribution in [0.15, 0.2) is 35.0 Å². The quantitative estimate of drug-likeness (QED) is 0.733. The fourth-order valence-electron chi connectivity index (χ4n) is 2.56. The lowest BCUT2D eigenvalue weighted by atomic mass is 10.1. The predicted molar refractivity (Wildman–Crippen MR) is 87.2 cm³/mol. The minimum absolute atomic E-state index is 0.173. The molecule has 2 rings (SSSR count). The number of rotatable bonds is 1. The van der Waals surface area contributed by atoms with Crippen molar-refractivity contribution < 1.29 is 0 Å². The maximum Gasteiger partial charge on any atom is 0.374 e. The fraction of sp³-hybridized carbons (Fsp3) is 0.625. The van der Waals surface area contributed by atoms with Gasteiger partial charge < -0.3 is 9.13 Å². The van der Waals surface area contributed by atoms with E-state index in [1.165, 1.54) is 0 Å². The van der Waals surface area contributed by atoms with Crippen LogP contribution in [0.4, 0.5) is 5.69 Å². The molecule has 0 spiro atoms. The molecule has 0 aromatic heterocycles. The van der Waals surface area contributed by atoms with Crippen LogP contribution in [0.3, 0.4) is 0 Å². The molecule has 110 valence electrons. The van der Waals surface area contributed by atoms with Crippen molar-refractivity contribution >= 4 is 14.6 Å². The summed E-state index contributed by atoms with van der Waals surface area (Å²) >= 11 is 0. The zero-order chi connectivity index (χ0) is 15.0. The van der Waals surface area contributed by atoms with Gasteiger partial charge in [-0.05, 0) is 53.7 Å². The van der Waals surface area contributed by atoms with Gasteiger partial charge in [-0.3, -0.25) is 4.63 Å². The lowest BCUT2D eigenvalue weighted by molar-refractivity contribution is 0.271. The Hall–Kier alpha value is -1.16. The van der Waals surface area contributed by atoms with Crippen LogP contribution in [0.1, 0.15) is 41.5 Å². The molecule has 3 nitrogen and oxygen atoms in total. The van der Waals surface area contributed by atoms with E-state index >= 15 is 0 Å². The molecule has 4 heteroatoms. The molecule has 1 fully saturated rings. The predicted octanol–water partition coefficient (Wildman–Crippen LogP) is 3.79. The van der Waals surface area contributed by atoms with Gasteiger partial charge in [0.2, 0.25) is 0 Å². The zero-order valence-electron chi connectivity index (χ0n) is 13.6. The van der Waals surface area contributed by atoms with E-state index in [0.29, 0.717) is 0 Å². The third kappa shape index (κ3) is 3.29. The van der Waals surface area contributed by atoms with Crippen LogP contribution >= 0.6 is 0 Å². The first-order valence-electron chi connectivity index (χ1n) is 7.38. The SMILES string of the molecule is CC(C)(C)N1CCN(C(C)(C)C)[Si]1=Nc1ccccc1. The first-order chi connectivity index (χ1) is 9.19. The summed E-state index contributed by atoms with van der Waals surface area (Å²) in [4.78, 5) is 0. The van der Waals surface area contributed by atoms with Crippen molar-refractivity contribution in [1.82, 2.24) is 9.13 Å².